The van der Waals surface area contributed by atoms with Crippen LogP contribution in [0, 0.1) is 10.7 Å². The number of ether oxygens (including phenoxy) is 2. The van der Waals surface area contributed by atoms with Crippen LogP contribution in [0.1, 0.15) is 36.7 Å². The Labute approximate surface area is 185 Å². The van der Waals surface area contributed by atoms with Crippen molar-refractivity contribution in [3.05, 3.63) is 34.4 Å². The lowest BCUT2D eigenvalue weighted by molar-refractivity contribution is -0.129. The molecule has 4 rings (SSSR count). The molecular formula is C21H27N5O4S. The average molecular weight is 446 g/mol. The summed E-state index contributed by atoms with van der Waals surface area (Å²) in [6.45, 7) is 1.28. The van der Waals surface area contributed by atoms with Gasteiger partial charge in [0.15, 0.2) is 22.1 Å². The number of amides is 2. The van der Waals surface area contributed by atoms with Crippen LogP contribution in [0.25, 0.3) is 0 Å². The third kappa shape index (κ3) is 4.73. The summed E-state index contributed by atoms with van der Waals surface area (Å²) in [4.78, 5) is 26.8. The van der Waals surface area contributed by atoms with E-state index in [0.29, 0.717) is 48.4 Å². The van der Waals surface area contributed by atoms with Crippen LogP contribution in [0.4, 0.5) is 0 Å². The van der Waals surface area contributed by atoms with Crippen LogP contribution in [0.15, 0.2) is 18.2 Å². The molecule has 0 radical (unpaired) electrons. The van der Waals surface area contributed by atoms with Crippen LogP contribution >= 0.6 is 12.2 Å². The van der Waals surface area contributed by atoms with Gasteiger partial charge in [0.25, 0.3) is 0 Å². The van der Waals surface area contributed by atoms with E-state index in [1.165, 1.54) is 0 Å². The van der Waals surface area contributed by atoms with Gasteiger partial charge < -0.3 is 19.7 Å². The number of aromatic nitrogens is 3. The quantitative estimate of drug-likeness (QED) is 0.573. The summed E-state index contributed by atoms with van der Waals surface area (Å²) in [6.07, 6.45) is 3.08. The highest BCUT2D eigenvalue weighted by Crippen LogP contribution is 2.35. The number of rotatable bonds is 9. The van der Waals surface area contributed by atoms with E-state index in [2.05, 4.69) is 15.5 Å². The van der Waals surface area contributed by atoms with Crippen LogP contribution in [-0.2, 0) is 22.6 Å². The van der Waals surface area contributed by atoms with Crippen LogP contribution in [-0.4, -0.2) is 58.8 Å². The molecule has 1 unspecified atom stereocenters. The molecular weight excluding hydrogens is 418 g/mol. The topological polar surface area (TPSA) is 101 Å². The molecule has 2 aliphatic rings. The molecule has 10 heteroatoms. The van der Waals surface area contributed by atoms with E-state index in [-0.39, 0.29) is 24.2 Å². The van der Waals surface area contributed by atoms with E-state index >= 15 is 0 Å². The van der Waals surface area contributed by atoms with Crippen molar-refractivity contribution in [2.45, 2.75) is 38.3 Å². The van der Waals surface area contributed by atoms with Crippen molar-refractivity contribution in [1.82, 2.24) is 25.0 Å². The first-order valence-corrected chi connectivity index (χ1v) is 10.8. The Kier molecular flexibility index (Phi) is 6.26. The lowest BCUT2D eigenvalue weighted by Gasteiger charge is -2.17. The Morgan fingerprint density at radius 3 is 2.77 bits per heavy atom. The summed E-state index contributed by atoms with van der Waals surface area (Å²) < 4.78 is 13.2. The van der Waals surface area contributed by atoms with Crippen LogP contribution in [0.2, 0.25) is 0 Å². The van der Waals surface area contributed by atoms with Crippen molar-refractivity contribution in [3.63, 3.8) is 0 Å². The van der Waals surface area contributed by atoms with Crippen molar-refractivity contribution in [1.29, 1.82) is 0 Å². The Hall–Kier alpha value is -2.88. The molecule has 2 amide bonds. The normalized spacial score (nSPS) is 18.3. The predicted octanol–water partition coefficient (Wildman–Crippen LogP) is 2.00. The van der Waals surface area contributed by atoms with Gasteiger partial charge in [0.2, 0.25) is 11.8 Å². The first kappa shape index (κ1) is 21.4. The maximum atomic E-state index is 12.6. The van der Waals surface area contributed by atoms with Gasteiger partial charge in [-0.05, 0) is 49.2 Å². The predicted molar refractivity (Wildman–Crippen MR) is 115 cm³/mol. The van der Waals surface area contributed by atoms with Crippen molar-refractivity contribution >= 4 is 24.0 Å². The molecule has 31 heavy (non-hydrogen) atoms. The van der Waals surface area contributed by atoms with E-state index in [1.54, 1.807) is 19.1 Å². The lowest BCUT2D eigenvalue weighted by atomic mass is 10.1. The van der Waals surface area contributed by atoms with E-state index in [0.717, 1.165) is 24.2 Å². The minimum Gasteiger partial charge on any atom is -0.493 e. The monoisotopic (exact) mass is 445 g/mol. The number of aromatic amines is 1. The van der Waals surface area contributed by atoms with E-state index in [4.69, 9.17) is 21.7 Å². The fraction of sp³-hybridized carbons (Fsp3) is 0.524. The molecule has 2 fully saturated rings. The molecule has 2 heterocycles. The zero-order valence-corrected chi connectivity index (χ0v) is 18.5. The average Bonchev–Trinajstić information content (AvgIpc) is 3.44. The molecule has 0 bridgehead atoms. The summed E-state index contributed by atoms with van der Waals surface area (Å²) in [5, 5.41) is 9.95. The van der Waals surface area contributed by atoms with E-state index in [9.17, 15) is 9.59 Å². The van der Waals surface area contributed by atoms with Crippen molar-refractivity contribution in [2.24, 2.45) is 5.92 Å². The van der Waals surface area contributed by atoms with Crippen molar-refractivity contribution in [3.8, 4) is 11.5 Å². The molecule has 1 aromatic heterocycles. The Bertz CT molecular complexity index is 1030. The van der Waals surface area contributed by atoms with Crippen molar-refractivity contribution in [2.75, 3.05) is 27.3 Å². The standard InChI is InChI=1S/C21H27N5O4S/c1-29-16-6-3-13(9-17(16)30-2)7-8-25-12-14(10-19(25)27)20(28)22-11-18-23-24-21(31)26(18)15-4-5-15/h3,6,9,14-15H,4-5,7-8,10-12H2,1-2H3,(H,22,28)(H,24,31). The summed E-state index contributed by atoms with van der Waals surface area (Å²) in [5.41, 5.74) is 1.04. The molecule has 1 atom stereocenters. The second-order valence-electron chi connectivity index (χ2n) is 7.94. The molecule has 1 aromatic carbocycles. The third-order valence-corrected chi connectivity index (χ3v) is 6.10. The smallest absolute Gasteiger partial charge is 0.225 e. The Morgan fingerprint density at radius 1 is 1.29 bits per heavy atom. The molecule has 1 aliphatic heterocycles. The molecule has 0 spiro atoms. The summed E-state index contributed by atoms with van der Waals surface area (Å²) >= 11 is 5.27. The van der Waals surface area contributed by atoms with Gasteiger partial charge in [0.1, 0.15) is 0 Å². The molecule has 1 aliphatic carbocycles. The minimum atomic E-state index is -0.353. The number of carbonyl (C=O) groups excluding carboxylic acids is 2. The largest absolute Gasteiger partial charge is 0.493 e. The number of nitrogens with zero attached hydrogens (tertiary/aromatic N) is 3. The highest BCUT2D eigenvalue weighted by atomic mass is 32.1. The zero-order valence-electron chi connectivity index (χ0n) is 17.7. The highest BCUT2D eigenvalue weighted by Gasteiger charge is 2.34. The molecule has 2 aromatic rings. The first-order chi connectivity index (χ1) is 15.0. The van der Waals surface area contributed by atoms with Gasteiger partial charge in [0.05, 0.1) is 26.7 Å². The molecule has 1 saturated carbocycles. The number of carbonyl (C=O) groups is 2. The number of nitrogens with one attached hydrogen (secondary N) is 2. The lowest BCUT2D eigenvalue weighted by Crippen LogP contribution is -2.33. The van der Waals surface area contributed by atoms with Gasteiger partial charge in [-0.25, -0.2) is 0 Å². The van der Waals surface area contributed by atoms with Gasteiger partial charge in [-0.15, -0.1) is 0 Å². The van der Waals surface area contributed by atoms with Gasteiger partial charge in [-0.2, -0.15) is 5.10 Å². The number of benzene rings is 1. The minimum absolute atomic E-state index is 0.00119. The zero-order chi connectivity index (χ0) is 22.0. The summed E-state index contributed by atoms with van der Waals surface area (Å²) in [5.74, 6) is 1.58. The summed E-state index contributed by atoms with van der Waals surface area (Å²) in [6, 6.07) is 6.11. The van der Waals surface area contributed by atoms with Gasteiger partial charge in [0, 0.05) is 25.6 Å². The van der Waals surface area contributed by atoms with Gasteiger partial charge in [-0.3, -0.25) is 19.3 Å². The number of hydrogen-bond donors (Lipinski definition) is 2. The molecule has 166 valence electrons. The second kappa shape index (κ2) is 9.09. The second-order valence-corrected chi connectivity index (χ2v) is 8.33. The van der Waals surface area contributed by atoms with E-state index in [1.807, 2.05) is 22.8 Å². The number of hydrogen-bond acceptors (Lipinski definition) is 6. The Balaban J connectivity index is 1.30. The van der Waals surface area contributed by atoms with Crippen LogP contribution < -0.4 is 14.8 Å². The highest BCUT2D eigenvalue weighted by molar-refractivity contribution is 7.71. The molecule has 1 saturated heterocycles. The third-order valence-electron chi connectivity index (χ3n) is 5.81. The summed E-state index contributed by atoms with van der Waals surface area (Å²) in [7, 11) is 3.19. The van der Waals surface area contributed by atoms with Crippen LogP contribution in [0.5, 0.6) is 11.5 Å². The fourth-order valence-corrected chi connectivity index (χ4v) is 4.25. The first-order valence-electron chi connectivity index (χ1n) is 10.4. The molecule has 2 N–H and O–H groups in total. The van der Waals surface area contributed by atoms with Crippen molar-refractivity contribution < 1.29 is 19.1 Å². The maximum Gasteiger partial charge on any atom is 0.225 e. The SMILES string of the molecule is COc1ccc(CCN2CC(C(=O)NCc3n[nH]c(=S)n3C3CC3)CC2=O)cc1OC. The molecule has 9 nitrogen and oxygen atoms in total. The fourth-order valence-electron chi connectivity index (χ4n) is 3.95. The maximum absolute atomic E-state index is 12.6. The number of methoxy groups -OCH3 is 2. The van der Waals surface area contributed by atoms with Gasteiger partial charge in [-0.1, -0.05) is 6.07 Å². The number of H-pyrrole nitrogens is 1. The van der Waals surface area contributed by atoms with Crippen LogP contribution in [0.3, 0.4) is 0 Å². The van der Waals surface area contributed by atoms with E-state index < -0.39 is 0 Å². The number of likely N-dealkylation sites (tertiary alicyclic amines) is 1. The Morgan fingerprint density at radius 2 is 2.06 bits per heavy atom. The van der Waals surface area contributed by atoms with Gasteiger partial charge >= 0.3 is 0 Å².